The molecule has 0 fully saturated rings. The van der Waals surface area contributed by atoms with Crippen molar-refractivity contribution in [3.8, 4) is 0 Å². The standard InChI is InChI=1S/C16H17N3O2/c1-3-11-9-18-15(21-11)10-17-13-8-16(20)19(2)14-7-5-4-6-12(13)14/h4-9,17H,3,10H2,1-2H3. The lowest BCUT2D eigenvalue weighted by molar-refractivity contribution is 0.466. The Balaban J connectivity index is 1.93. The molecule has 0 spiro atoms. The van der Waals surface area contributed by atoms with Crippen LogP contribution in [0.3, 0.4) is 0 Å². The number of aromatic nitrogens is 2. The summed E-state index contributed by atoms with van der Waals surface area (Å²) in [5.41, 5.74) is 1.65. The van der Waals surface area contributed by atoms with Crippen LogP contribution >= 0.6 is 0 Å². The van der Waals surface area contributed by atoms with Gasteiger partial charge in [-0.3, -0.25) is 4.79 Å². The number of nitrogens with zero attached hydrogens (tertiary/aromatic N) is 2. The average Bonchev–Trinajstić information content (AvgIpc) is 2.97. The monoisotopic (exact) mass is 283 g/mol. The van der Waals surface area contributed by atoms with Crippen LogP contribution in [0.25, 0.3) is 10.9 Å². The van der Waals surface area contributed by atoms with Gasteiger partial charge in [0.15, 0.2) is 0 Å². The molecule has 1 aromatic carbocycles. The van der Waals surface area contributed by atoms with Gasteiger partial charge in [0.1, 0.15) is 5.76 Å². The number of rotatable bonds is 4. The highest BCUT2D eigenvalue weighted by Gasteiger charge is 2.07. The number of hydrogen-bond acceptors (Lipinski definition) is 4. The molecule has 0 saturated carbocycles. The zero-order chi connectivity index (χ0) is 14.8. The highest BCUT2D eigenvalue weighted by molar-refractivity contribution is 5.91. The molecule has 0 aliphatic heterocycles. The van der Waals surface area contributed by atoms with E-state index < -0.39 is 0 Å². The second kappa shape index (κ2) is 5.44. The zero-order valence-electron chi connectivity index (χ0n) is 12.1. The van der Waals surface area contributed by atoms with Gasteiger partial charge in [-0.1, -0.05) is 25.1 Å². The first-order chi connectivity index (χ1) is 10.2. The van der Waals surface area contributed by atoms with Crippen molar-refractivity contribution in [2.75, 3.05) is 5.32 Å². The molecule has 21 heavy (non-hydrogen) atoms. The summed E-state index contributed by atoms with van der Waals surface area (Å²) in [7, 11) is 1.77. The maximum absolute atomic E-state index is 12.0. The van der Waals surface area contributed by atoms with Gasteiger partial charge in [-0.05, 0) is 6.07 Å². The predicted molar refractivity (Wildman–Crippen MR) is 82.4 cm³/mol. The molecule has 5 nitrogen and oxygen atoms in total. The minimum atomic E-state index is -0.0437. The molecular weight excluding hydrogens is 266 g/mol. The first-order valence-corrected chi connectivity index (χ1v) is 6.95. The first-order valence-electron chi connectivity index (χ1n) is 6.95. The Hall–Kier alpha value is -2.56. The molecule has 5 heteroatoms. The Morgan fingerprint density at radius 2 is 2.14 bits per heavy atom. The highest BCUT2D eigenvalue weighted by atomic mass is 16.4. The Bertz CT molecular complexity index is 833. The first kappa shape index (κ1) is 13.4. The smallest absolute Gasteiger partial charge is 0.252 e. The molecule has 0 aliphatic carbocycles. The molecule has 108 valence electrons. The summed E-state index contributed by atoms with van der Waals surface area (Å²) in [6.45, 7) is 2.48. The van der Waals surface area contributed by atoms with Crippen LogP contribution in [-0.2, 0) is 20.0 Å². The quantitative estimate of drug-likeness (QED) is 0.799. The van der Waals surface area contributed by atoms with Gasteiger partial charge in [-0.25, -0.2) is 4.98 Å². The fourth-order valence-corrected chi connectivity index (χ4v) is 2.32. The van der Waals surface area contributed by atoms with E-state index >= 15 is 0 Å². The van der Waals surface area contributed by atoms with Crippen LogP contribution in [0, 0.1) is 0 Å². The summed E-state index contributed by atoms with van der Waals surface area (Å²) in [5, 5.41) is 4.24. The van der Waals surface area contributed by atoms with Crippen molar-refractivity contribution < 1.29 is 4.42 Å². The number of pyridine rings is 1. The Kier molecular flexibility index (Phi) is 3.48. The van der Waals surface area contributed by atoms with Crippen molar-refractivity contribution >= 4 is 16.6 Å². The lowest BCUT2D eigenvalue weighted by Crippen LogP contribution is -2.17. The van der Waals surface area contributed by atoms with Crippen molar-refractivity contribution in [3.05, 3.63) is 58.5 Å². The van der Waals surface area contributed by atoms with E-state index in [0.29, 0.717) is 12.4 Å². The summed E-state index contributed by atoms with van der Waals surface area (Å²) in [4.78, 5) is 16.2. The summed E-state index contributed by atoms with van der Waals surface area (Å²) in [5.74, 6) is 1.48. The van der Waals surface area contributed by atoms with Gasteiger partial charge in [0, 0.05) is 30.6 Å². The topological polar surface area (TPSA) is 60.1 Å². The molecule has 0 unspecified atom stereocenters. The molecule has 0 atom stereocenters. The second-order valence-corrected chi connectivity index (χ2v) is 4.90. The molecule has 0 radical (unpaired) electrons. The summed E-state index contributed by atoms with van der Waals surface area (Å²) < 4.78 is 7.20. The molecule has 0 bridgehead atoms. The van der Waals surface area contributed by atoms with Gasteiger partial charge >= 0.3 is 0 Å². The Morgan fingerprint density at radius 3 is 2.90 bits per heavy atom. The van der Waals surface area contributed by atoms with E-state index in [4.69, 9.17) is 4.42 Å². The number of fused-ring (bicyclic) bond motifs is 1. The van der Waals surface area contributed by atoms with Crippen LogP contribution < -0.4 is 10.9 Å². The molecule has 3 aromatic rings. The van der Waals surface area contributed by atoms with E-state index in [0.717, 1.165) is 28.8 Å². The molecule has 2 heterocycles. The number of hydrogen-bond donors (Lipinski definition) is 1. The number of anilines is 1. The lowest BCUT2D eigenvalue weighted by Gasteiger charge is -2.11. The summed E-state index contributed by atoms with van der Waals surface area (Å²) in [6.07, 6.45) is 2.56. The molecule has 0 saturated heterocycles. The van der Waals surface area contributed by atoms with E-state index in [1.54, 1.807) is 23.9 Å². The van der Waals surface area contributed by atoms with Gasteiger partial charge < -0.3 is 14.3 Å². The van der Waals surface area contributed by atoms with Gasteiger partial charge in [0.25, 0.3) is 5.56 Å². The molecular formula is C16H17N3O2. The van der Waals surface area contributed by atoms with E-state index in [-0.39, 0.29) is 5.56 Å². The maximum atomic E-state index is 12.0. The van der Waals surface area contributed by atoms with Crippen LogP contribution in [0.4, 0.5) is 5.69 Å². The van der Waals surface area contributed by atoms with E-state index in [2.05, 4.69) is 10.3 Å². The number of aryl methyl sites for hydroxylation is 2. The minimum absolute atomic E-state index is 0.0437. The average molecular weight is 283 g/mol. The molecule has 1 N–H and O–H groups in total. The summed E-state index contributed by atoms with van der Waals surface area (Å²) in [6, 6.07) is 9.41. The highest BCUT2D eigenvalue weighted by Crippen LogP contribution is 2.21. The van der Waals surface area contributed by atoms with E-state index in [1.165, 1.54) is 0 Å². The van der Waals surface area contributed by atoms with Crippen LogP contribution in [0.2, 0.25) is 0 Å². The van der Waals surface area contributed by atoms with Gasteiger partial charge in [0.05, 0.1) is 18.3 Å². The SMILES string of the molecule is CCc1cnc(CNc2cc(=O)n(C)c3ccccc23)o1. The van der Waals surface area contributed by atoms with Gasteiger partial charge in [-0.2, -0.15) is 0 Å². The third-order valence-electron chi connectivity index (χ3n) is 3.53. The van der Waals surface area contributed by atoms with Crippen molar-refractivity contribution in [2.45, 2.75) is 19.9 Å². The van der Waals surface area contributed by atoms with Gasteiger partial charge in [-0.15, -0.1) is 0 Å². The molecule has 2 aromatic heterocycles. The fourth-order valence-electron chi connectivity index (χ4n) is 2.32. The third-order valence-corrected chi connectivity index (χ3v) is 3.53. The van der Waals surface area contributed by atoms with Gasteiger partial charge in [0.2, 0.25) is 5.89 Å². The van der Waals surface area contributed by atoms with E-state index in [9.17, 15) is 4.79 Å². The maximum Gasteiger partial charge on any atom is 0.252 e. The van der Waals surface area contributed by atoms with E-state index in [1.807, 2.05) is 31.2 Å². The Morgan fingerprint density at radius 1 is 1.33 bits per heavy atom. The predicted octanol–water partition coefficient (Wildman–Crippen LogP) is 2.70. The van der Waals surface area contributed by atoms with Crippen LogP contribution in [0.1, 0.15) is 18.6 Å². The van der Waals surface area contributed by atoms with Crippen molar-refractivity contribution in [3.63, 3.8) is 0 Å². The Labute approximate surface area is 122 Å². The van der Waals surface area contributed by atoms with Crippen molar-refractivity contribution in [1.29, 1.82) is 0 Å². The third kappa shape index (κ3) is 2.54. The number of para-hydroxylation sites is 1. The number of nitrogens with one attached hydrogen (secondary N) is 1. The lowest BCUT2D eigenvalue weighted by atomic mass is 10.2. The van der Waals surface area contributed by atoms with Crippen molar-refractivity contribution in [1.82, 2.24) is 9.55 Å². The number of oxazole rings is 1. The molecule has 0 aliphatic rings. The largest absolute Gasteiger partial charge is 0.444 e. The summed E-state index contributed by atoms with van der Waals surface area (Å²) >= 11 is 0. The van der Waals surface area contributed by atoms with Crippen LogP contribution in [-0.4, -0.2) is 9.55 Å². The molecule has 3 rings (SSSR count). The molecule has 0 amide bonds. The normalized spacial score (nSPS) is 11.0. The van der Waals surface area contributed by atoms with Crippen LogP contribution in [0.5, 0.6) is 0 Å². The zero-order valence-corrected chi connectivity index (χ0v) is 12.1. The second-order valence-electron chi connectivity index (χ2n) is 4.90. The number of benzene rings is 1. The minimum Gasteiger partial charge on any atom is -0.444 e. The van der Waals surface area contributed by atoms with Crippen LogP contribution in [0.15, 0.2) is 45.7 Å². The van der Waals surface area contributed by atoms with Crippen molar-refractivity contribution in [2.24, 2.45) is 7.05 Å². The fraction of sp³-hybridized carbons (Fsp3) is 0.250.